The van der Waals surface area contributed by atoms with Crippen LogP contribution in [-0.4, -0.2) is 27.3 Å². The van der Waals surface area contributed by atoms with Crippen molar-refractivity contribution >= 4 is 10.9 Å². The number of hydrogen-bond acceptors (Lipinski definition) is 6. The third kappa shape index (κ3) is 3.65. The molecule has 0 unspecified atom stereocenters. The van der Waals surface area contributed by atoms with E-state index in [1.807, 2.05) is 43.5 Å². The van der Waals surface area contributed by atoms with Gasteiger partial charge in [0.05, 0.1) is 24.5 Å². The lowest BCUT2D eigenvalue weighted by Crippen LogP contribution is -1.98. The van der Waals surface area contributed by atoms with E-state index in [0.29, 0.717) is 11.8 Å². The molecule has 1 aliphatic rings. The Bertz CT molecular complexity index is 1200. The first-order chi connectivity index (χ1) is 14.7. The van der Waals surface area contributed by atoms with Gasteiger partial charge in [0.25, 0.3) is 0 Å². The molecule has 6 nitrogen and oxygen atoms in total. The molecule has 1 saturated carbocycles. The van der Waals surface area contributed by atoms with Gasteiger partial charge in [-0.1, -0.05) is 25.0 Å². The van der Waals surface area contributed by atoms with Crippen molar-refractivity contribution in [2.45, 2.75) is 39.0 Å². The number of methoxy groups -OCH3 is 1. The SMILES string of the molecule is COc1cc2ccc(-c3nc(C)ccc3-c3cnc(CC4CCCC4)o3)cc2nn1. The van der Waals surface area contributed by atoms with Crippen LogP contribution in [0.4, 0.5) is 0 Å². The van der Waals surface area contributed by atoms with E-state index in [1.165, 1.54) is 25.7 Å². The van der Waals surface area contributed by atoms with Gasteiger partial charge in [0.15, 0.2) is 11.7 Å². The van der Waals surface area contributed by atoms with Crippen molar-refractivity contribution in [3.63, 3.8) is 0 Å². The summed E-state index contributed by atoms with van der Waals surface area (Å²) in [6.45, 7) is 1.99. The summed E-state index contributed by atoms with van der Waals surface area (Å²) in [6, 6.07) is 12.0. The topological polar surface area (TPSA) is 73.9 Å². The van der Waals surface area contributed by atoms with Gasteiger partial charge in [0, 0.05) is 34.7 Å². The highest BCUT2D eigenvalue weighted by molar-refractivity contribution is 5.87. The number of ether oxygens (including phenoxy) is 1. The van der Waals surface area contributed by atoms with Crippen molar-refractivity contribution in [1.29, 1.82) is 0 Å². The molecule has 152 valence electrons. The fraction of sp³-hybridized carbons (Fsp3) is 0.333. The molecule has 0 aliphatic heterocycles. The fourth-order valence-electron chi connectivity index (χ4n) is 4.23. The van der Waals surface area contributed by atoms with Crippen molar-refractivity contribution in [2.75, 3.05) is 7.11 Å². The van der Waals surface area contributed by atoms with E-state index >= 15 is 0 Å². The smallest absolute Gasteiger partial charge is 0.233 e. The molecule has 0 radical (unpaired) electrons. The van der Waals surface area contributed by atoms with Gasteiger partial charge in [-0.2, -0.15) is 0 Å². The maximum atomic E-state index is 6.16. The number of aromatic nitrogens is 4. The highest BCUT2D eigenvalue weighted by Crippen LogP contribution is 2.34. The minimum Gasteiger partial charge on any atom is -0.480 e. The van der Waals surface area contributed by atoms with Crippen LogP contribution in [0.15, 0.2) is 47.0 Å². The Kier molecular flexibility index (Phi) is 4.91. The predicted molar refractivity (Wildman–Crippen MR) is 115 cm³/mol. The van der Waals surface area contributed by atoms with Crippen molar-refractivity contribution in [3.8, 4) is 28.5 Å². The molecule has 1 aliphatic carbocycles. The Labute approximate surface area is 175 Å². The third-order valence-corrected chi connectivity index (χ3v) is 5.84. The molecule has 30 heavy (non-hydrogen) atoms. The molecule has 0 bridgehead atoms. The van der Waals surface area contributed by atoms with Crippen molar-refractivity contribution in [2.24, 2.45) is 5.92 Å². The zero-order chi connectivity index (χ0) is 20.5. The highest BCUT2D eigenvalue weighted by Gasteiger charge is 2.20. The van der Waals surface area contributed by atoms with Crippen molar-refractivity contribution in [3.05, 3.63) is 54.2 Å². The molecule has 0 saturated heterocycles. The van der Waals surface area contributed by atoms with Crippen LogP contribution < -0.4 is 4.74 Å². The summed E-state index contributed by atoms with van der Waals surface area (Å²) in [7, 11) is 1.59. The predicted octanol–water partition coefficient (Wildman–Crippen LogP) is 5.40. The normalized spacial score (nSPS) is 14.5. The van der Waals surface area contributed by atoms with Crippen LogP contribution >= 0.6 is 0 Å². The first-order valence-electron chi connectivity index (χ1n) is 10.4. The van der Waals surface area contributed by atoms with Gasteiger partial charge < -0.3 is 9.15 Å². The molecule has 1 fully saturated rings. The van der Waals surface area contributed by atoms with Crippen LogP contribution in [0.3, 0.4) is 0 Å². The largest absolute Gasteiger partial charge is 0.480 e. The van der Waals surface area contributed by atoms with Crippen LogP contribution in [0.5, 0.6) is 5.88 Å². The zero-order valence-electron chi connectivity index (χ0n) is 17.3. The Morgan fingerprint density at radius 2 is 1.93 bits per heavy atom. The third-order valence-electron chi connectivity index (χ3n) is 5.84. The van der Waals surface area contributed by atoms with Gasteiger partial charge in [0.1, 0.15) is 0 Å². The zero-order valence-corrected chi connectivity index (χ0v) is 17.3. The van der Waals surface area contributed by atoms with Crippen LogP contribution in [0.25, 0.3) is 33.5 Å². The lowest BCUT2D eigenvalue weighted by molar-refractivity contribution is 0.393. The lowest BCUT2D eigenvalue weighted by atomic mass is 10.0. The second kappa shape index (κ2) is 7.86. The summed E-state index contributed by atoms with van der Waals surface area (Å²) in [4.78, 5) is 9.36. The van der Waals surface area contributed by atoms with E-state index in [0.717, 1.165) is 51.5 Å². The van der Waals surface area contributed by atoms with Crippen LogP contribution in [0, 0.1) is 12.8 Å². The van der Waals surface area contributed by atoms with E-state index in [4.69, 9.17) is 14.1 Å². The molecule has 6 heteroatoms. The first-order valence-corrected chi connectivity index (χ1v) is 10.4. The Hall–Kier alpha value is -3.28. The highest BCUT2D eigenvalue weighted by atomic mass is 16.5. The molecular weight excluding hydrogens is 376 g/mol. The number of oxazole rings is 1. The maximum absolute atomic E-state index is 6.16. The molecule has 0 amide bonds. The standard InChI is InChI=1S/C24H24N4O2/c1-15-7-10-19(21-14-25-22(30-21)11-16-5-3-4-6-16)24(26-15)18-9-8-17-13-23(29-2)28-27-20(17)12-18/h7-10,12-14,16H,3-6,11H2,1-2H3. The van der Waals surface area contributed by atoms with Gasteiger partial charge in [-0.05, 0) is 43.9 Å². The molecule has 0 N–H and O–H groups in total. The average Bonchev–Trinajstić information content (AvgIpc) is 3.45. The van der Waals surface area contributed by atoms with Gasteiger partial charge >= 0.3 is 0 Å². The number of pyridine rings is 1. The average molecular weight is 400 g/mol. The maximum Gasteiger partial charge on any atom is 0.233 e. The molecule has 0 spiro atoms. The quantitative estimate of drug-likeness (QED) is 0.447. The Balaban J connectivity index is 1.52. The van der Waals surface area contributed by atoms with Crippen LogP contribution in [-0.2, 0) is 6.42 Å². The Morgan fingerprint density at radius 3 is 2.77 bits per heavy atom. The van der Waals surface area contributed by atoms with E-state index < -0.39 is 0 Å². The van der Waals surface area contributed by atoms with Gasteiger partial charge in [0.2, 0.25) is 5.88 Å². The van der Waals surface area contributed by atoms with Gasteiger partial charge in [-0.3, -0.25) is 4.98 Å². The second-order valence-electron chi connectivity index (χ2n) is 7.98. The monoisotopic (exact) mass is 400 g/mol. The first kappa shape index (κ1) is 18.7. The molecule has 5 rings (SSSR count). The number of hydrogen-bond donors (Lipinski definition) is 0. The van der Waals surface area contributed by atoms with Gasteiger partial charge in [-0.25, -0.2) is 4.98 Å². The fourth-order valence-corrected chi connectivity index (χ4v) is 4.23. The molecule has 3 heterocycles. The van der Waals surface area contributed by atoms with Crippen LogP contribution in [0.1, 0.15) is 37.3 Å². The summed E-state index contributed by atoms with van der Waals surface area (Å²) in [5, 5.41) is 9.35. The summed E-state index contributed by atoms with van der Waals surface area (Å²) in [6.07, 6.45) is 7.94. The van der Waals surface area contributed by atoms with Crippen LogP contribution in [0.2, 0.25) is 0 Å². The minimum atomic E-state index is 0.501. The van der Waals surface area contributed by atoms with Crippen molar-refractivity contribution < 1.29 is 9.15 Å². The number of benzene rings is 1. The number of aryl methyl sites for hydroxylation is 1. The number of fused-ring (bicyclic) bond motifs is 1. The molecule has 1 aromatic carbocycles. The Morgan fingerprint density at radius 1 is 1.07 bits per heavy atom. The summed E-state index contributed by atoms with van der Waals surface area (Å²) < 4.78 is 11.3. The van der Waals surface area contributed by atoms with E-state index in [2.05, 4.69) is 21.2 Å². The van der Waals surface area contributed by atoms with Gasteiger partial charge in [-0.15, -0.1) is 10.2 Å². The number of rotatable bonds is 5. The minimum absolute atomic E-state index is 0.501. The summed E-state index contributed by atoms with van der Waals surface area (Å²) >= 11 is 0. The van der Waals surface area contributed by atoms with Crippen molar-refractivity contribution in [1.82, 2.24) is 20.2 Å². The molecule has 4 aromatic rings. The summed E-state index contributed by atoms with van der Waals surface area (Å²) in [5.74, 6) is 2.77. The number of nitrogens with zero attached hydrogens (tertiary/aromatic N) is 4. The van der Waals surface area contributed by atoms with E-state index in [9.17, 15) is 0 Å². The molecular formula is C24H24N4O2. The molecule has 3 aromatic heterocycles. The van der Waals surface area contributed by atoms with E-state index in [1.54, 1.807) is 7.11 Å². The molecule has 0 atom stereocenters. The summed E-state index contributed by atoms with van der Waals surface area (Å²) in [5.41, 5.74) is 4.50. The second-order valence-corrected chi connectivity index (χ2v) is 7.98. The lowest BCUT2D eigenvalue weighted by Gasteiger charge is -2.09. The van der Waals surface area contributed by atoms with E-state index in [-0.39, 0.29) is 0 Å².